The van der Waals surface area contributed by atoms with Gasteiger partial charge in [-0.1, -0.05) is 26.0 Å². The highest BCUT2D eigenvalue weighted by Crippen LogP contribution is 2.17. The second-order valence-corrected chi connectivity index (χ2v) is 6.41. The predicted octanol–water partition coefficient (Wildman–Crippen LogP) is 2.75. The Kier molecular flexibility index (Phi) is 4.76. The van der Waals surface area contributed by atoms with E-state index in [2.05, 4.69) is 40.1 Å². The van der Waals surface area contributed by atoms with Crippen molar-refractivity contribution < 1.29 is 4.79 Å². The van der Waals surface area contributed by atoms with Crippen LogP contribution in [0.4, 0.5) is 5.69 Å². The highest BCUT2D eigenvalue weighted by molar-refractivity contribution is 5.95. The van der Waals surface area contributed by atoms with Crippen LogP contribution in [0.3, 0.4) is 0 Å². The van der Waals surface area contributed by atoms with Crippen LogP contribution in [0.2, 0.25) is 0 Å². The molecule has 0 bridgehead atoms. The standard InChI is InChI=1S/C18H24N4O/c1-13(2)17-20-9-10-22(17)12-14-5-3-6-15(11-14)21-18(23)16-7-4-8-19-16/h3,5-6,9-11,13,16,19H,4,7-8,12H2,1-2H3,(H,21,23). The Hall–Kier alpha value is -2.14. The first kappa shape index (κ1) is 15.7. The Morgan fingerprint density at radius 1 is 1.48 bits per heavy atom. The third kappa shape index (κ3) is 3.79. The van der Waals surface area contributed by atoms with Crippen LogP contribution in [0.5, 0.6) is 0 Å². The van der Waals surface area contributed by atoms with Gasteiger partial charge in [0.15, 0.2) is 0 Å². The van der Waals surface area contributed by atoms with Crippen molar-refractivity contribution in [2.24, 2.45) is 0 Å². The van der Waals surface area contributed by atoms with Gasteiger partial charge in [0.05, 0.1) is 6.04 Å². The van der Waals surface area contributed by atoms with E-state index in [9.17, 15) is 4.79 Å². The molecular weight excluding hydrogens is 288 g/mol. The summed E-state index contributed by atoms with van der Waals surface area (Å²) < 4.78 is 2.16. The van der Waals surface area contributed by atoms with Gasteiger partial charge in [0, 0.05) is 30.5 Å². The first-order valence-electron chi connectivity index (χ1n) is 8.27. The lowest BCUT2D eigenvalue weighted by Crippen LogP contribution is -2.35. The Bertz CT molecular complexity index is 671. The van der Waals surface area contributed by atoms with E-state index in [1.165, 1.54) is 0 Å². The molecule has 1 amide bonds. The molecule has 2 N–H and O–H groups in total. The molecule has 0 spiro atoms. The maximum absolute atomic E-state index is 12.2. The van der Waals surface area contributed by atoms with Gasteiger partial charge in [0.1, 0.15) is 5.82 Å². The van der Waals surface area contributed by atoms with E-state index < -0.39 is 0 Å². The molecule has 1 aliphatic heterocycles. The second kappa shape index (κ2) is 6.96. The molecule has 1 saturated heterocycles. The number of aromatic nitrogens is 2. The number of nitrogens with one attached hydrogen (secondary N) is 2. The molecule has 5 heteroatoms. The Morgan fingerprint density at radius 2 is 2.35 bits per heavy atom. The van der Waals surface area contributed by atoms with Crippen molar-refractivity contribution in [1.29, 1.82) is 0 Å². The van der Waals surface area contributed by atoms with Gasteiger partial charge in [-0.05, 0) is 37.1 Å². The van der Waals surface area contributed by atoms with Gasteiger partial charge in [-0.2, -0.15) is 0 Å². The van der Waals surface area contributed by atoms with Crippen LogP contribution in [-0.4, -0.2) is 28.0 Å². The van der Waals surface area contributed by atoms with Crippen LogP contribution in [0.25, 0.3) is 0 Å². The van der Waals surface area contributed by atoms with Crippen molar-refractivity contribution in [3.63, 3.8) is 0 Å². The number of nitrogens with zero attached hydrogens (tertiary/aromatic N) is 2. The lowest BCUT2D eigenvalue weighted by Gasteiger charge is -2.13. The zero-order valence-corrected chi connectivity index (χ0v) is 13.7. The summed E-state index contributed by atoms with van der Waals surface area (Å²) in [5.74, 6) is 1.53. The molecule has 1 fully saturated rings. The van der Waals surface area contributed by atoms with Crippen molar-refractivity contribution in [1.82, 2.24) is 14.9 Å². The fraction of sp³-hybridized carbons (Fsp3) is 0.444. The number of rotatable bonds is 5. The average Bonchev–Trinajstić information content (AvgIpc) is 3.18. The largest absolute Gasteiger partial charge is 0.330 e. The number of carbonyl (C=O) groups excluding carboxylic acids is 1. The van der Waals surface area contributed by atoms with E-state index in [1.54, 1.807) is 0 Å². The van der Waals surface area contributed by atoms with E-state index in [1.807, 2.05) is 30.6 Å². The second-order valence-electron chi connectivity index (χ2n) is 6.41. The van der Waals surface area contributed by atoms with E-state index >= 15 is 0 Å². The van der Waals surface area contributed by atoms with Crippen molar-refractivity contribution in [2.75, 3.05) is 11.9 Å². The number of amides is 1. The molecule has 23 heavy (non-hydrogen) atoms. The summed E-state index contributed by atoms with van der Waals surface area (Å²) in [5, 5.41) is 6.24. The molecule has 1 aromatic carbocycles. The van der Waals surface area contributed by atoms with Crippen LogP contribution in [0, 0.1) is 0 Å². The quantitative estimate of drug-likeness (QED) is 0.892. The Balaban J connectivity index is 1.69. The summed E-state index contributed by atoms with van der Waals surface area (Å²) in [6, 6.07) is 7.98. The van der Waals surface area contributed by atoms with Crippen molar-refractivity contribution in [3.05, 3.63) is 48.0 Å². The molecule has 0 radical (unpaired) electrons. The highest BCUT2D eigenvalue weighted by atomic mass is 16.2. The fourth-order valence-corrected chi connectivity index (χ4v) is 3.04. The predicted molar refractivity (Wildman–Crippen MR) is 91.5 cm³/mol. The summed E-state index contributed by atoms with van der Waals surface area (Å²) in [6.45, 7) is 5.98. The van der Waals surface area contributed by atoms with Gasteiger partial charge in [0.25, 0.3) is 0 Å². The van der Waals surface area contributed by atoms with Crippen LogP contribution in [-0.2, 0) is 11.3 Å². The number of hydrogen-bond donors (Lipinski definition) is 2. The van der Waals surface area contributed by atoms with E-state index in [0.717, 1.165) is 43.0 Å². The van der Waals surface area contributed by atoms with Gasteiger partial charge >= 0.3 is 0 Å². The van der Waals surface area contributed by atoms with Crippen LogP contribution < -0.4 is 10.6 Å². The molecule has 1 unspecified atom stereocenters. The lowest BCUT2D eigenvalue weighted by atomic mass is 10.1. The zero-order chi connectivity index (χ0) is 16.2. The van der Waals surface area contributed by atoms with Crippen molar-refractivity contribution in [2.45, 2.75) is 45.2 Å². The average molecular weight is 312 g/mol. The molecule has 3 rings (SSSR count). The lowest BCUT2D eigenvalue weighted by molar-refractivity contribution is -0.117. The molecule has 2 aromatic rings. The van der Waals surface area contributed by atoms with Crippen LogP contribution in [0.15, 0.2) is 36.7 Å². The van der Waals surface area contributed by atoms with Gasteiger partial charge in [-0.3, -0.25) is 4.79 Å². The maximum Gasteiger partial charge on any atom is 0.241 e. The summed E-state index contributed by atoms with van der Waals surface area (Å²) >= 11 is 0. The normalized spacial score (nSPS) is 17.6. The Labute approximate surface area is 137 Å². The number of hydrogen-bond acceptors (Lipinski definition) is 3. The van der Waals surface area contributed by atoms with Gasteiger partial charge < -0.3 is 15.2 Å². The van der Waals surface area contributed by atoms with E-state index in [4.69, 9.17) is 0 Å². The molecule has 0 saturated carbocycles. The topological polar surface area (TPSA) is 59.0 Å². The minimum absolute atomic E-state index is 0.0557. The zero-order valence-electron chi connectivity index (χ0n) is 13.7. The third-order valence-electron chi connectivity index (χ3n) is 4.19. The van der Waals surface area contributed by atoms with Crippen molar-refractivity contribution in [3.8, 4) is 0 Å². The maximum atomic E-state index is 12.2. The van der Waals surface area contributed by atoms with Crippen LogP contribution >= 0.6 is 0 Å². The molecule has 2 heterocycles. The summed E-state index contributed by atoms with van der Waals surface area (Å²) in [5.41, 5.74) is 2.01. The molecule has 5 nitrogen and oxygen atoms in total. The number of imidazole rings is 1. The minimum Gasteiger partial charge on any atom is -0.330 e. The minimum atomic E-state index is -0.0557. The number of carbonyl (C=O) groups is 1. The summed E-state index contributed by atoms with van der Waals surface area (Å²) in [6.07, 6.45) is 5.82. The van der Waals surface area contributed by atoms with Crippen LogP contribution in [0.1, 0.15) is 44.0 Å². The Morgan fingerprint density at radius 3 is 3.09 bits per heavy atom. The highest BCUT2D eigenvalue weighted by Gasteiger charge is 2.21. The SMILES string of the molecule is CC(C)c1nccn1Cc1cccc(NC(=O)C2CCCN2)c1. The third-order valence-corrected chi connectivity index (χ3v) is 4.19. The molecule has 1 aromatic heterocycles. The van der Waals surface area contributed by atoms with E-state index in [0.29, 0.717) is 5.92 Å². The summed E-state index contributed by atoms with van der Waals surface area (Å²) in [4.78, 5) is 16.6. The first-order chi connectivity index (χ1) is 11.1. The number of benzene rings is 1. The van der Waals surface area contributed by atoms with Gasteiger partial charge in [-0.25, -0.2) is 4.98 Å². The monoisotopic (exact) mass is 312 g/mol. The van der Waals surface area contributed by atoms with Gasteiger partial charge in [-0.15, -0.1) is 0 Å². The molecule has 1 atom stereocenters. The fourth-order valence-electron chi connectivity index (χ4n) is 3.04. The smallest absolute Gasteiger partial charge is 0.241 e. The van der Waals surface area contributed by atoms with Crippen molar-refractivity contribution >= 4 is 11.6 Å². The first-order valence-corrected chi connectivity index (χ1v) is 8.27. The van der Waals surface area contributed by atoms with E-state index in [-0.39, 0.29) is 11.9 Å². The van der Waals surface area contributed by atoms with Gasteiger partial charge in [0.2, 0.25) is 5.91 Å². The number of anilines is 1. The molecular formula is C18H24N4O. The molecule has 1 aliphatic rings. The molecule has 0 aliphatic carbocycles. The molecule has 122 valence electrons. The summed E-state index contributed by atoms with van der Waals surface area (Å²) in [7, 11) is 0.